The minimum absolute atomic E-state index is 0.270. The molecule has 2 aliphatic rings. The summed E-state index contributed by atoms with van der Waals surface area (Å²) >= 11 is 0. The van der Waals surface area contributed by atoms with E-state index in [0.717, 1.165) is 5.92 Å². The molecule has 2 atom stereocenters. The lowest BCUT2D eigenvalue weighted by atomic mass is 9.84. The Morgan fingerprint density at radius 3 is 2.76 bits per heavy atom. The first-order valence-corrected chi connectivity index (χ1v) is 9.88. The van der Waals surface area contributed by atoms with Crippen LogP contribution in [0.15, 0.2) is 54.7 Å². The predicted molar refractivity (Wildman–Crippen MR) is 104 cm³/mol. The zero-order chi connectivity index (χ0) is 16.7. The zero-order valence-corrected chi connectivity index (χ0v) is 14.8. The maximum atomic E-state index is 4.83. The smallest absolute Gasteiger partial charge is 0.140 e. The summed E-state index contributed by atoms with van der Waals surface area (Å²) in [6.07, 6.45) is 12.9. The SMILES string of the molecule is c1ccc(-c2cc3cccnc3n2C23CCCCCC(CC2)C3)cc1. The topological polar surface area (TPSA) is 17.8 Å². The molecule has 2 heteroatoms. The van der Waals surface area contributed by atoms with Crippen LogP contribution in [0.1, 0.15) is 51.4 Å². The molecule has 2 saturated carbocycles. The highest BCUT2D eigenvalue weighted by molar-refractivity contribution is 5.84. The van der Waals surface area contributed by atoms with E-state index < -0.39 is 0 Å². The maximum absolute atomic E-state index is 4.83. The van der Waals surface area contributed by atoms with E-state index in [-0.39, 0.29) is 5.54 Å². The van der Waals surface area contributed by atoms with Crippen LogP contribution >= 0.6 is 0 Å². The van der Waals surface area contributed by atoms with E-state index in [4.69, 9.17) is 4.98 Å². The zero-order valence-electron chi connectivity index (χ0n) is 14.8. The largest absolute Gasteiger partial charge is 0.319 e. The molecule has 1 aromatic carbocycles. The van der Waals surface area contributed by atoms with Crippen LogP contribution in [0.2, 0.25) is 0 Å². The van der Waals surface area contributed by atoms with Gasteiger partial charge < -0.3 is 4.57 Å². The van der Waals surface area contributed by atoms with Gasteiger partial charge in [-0.1, -0.05) is 56.0 Å². The van der Waals surface area contributed by atoms with E-state index in [9.17, 15) is 0 Å². The average molecular weight is 330 g/mol. The Bertz CT molecular complexity index is 880. The lowest BCUT2D eigenvalue weighted by molar-refractivity contribution is 0.242. The monoisotopic (exact) mass is 330 g/mol. The van der Waals surface area contributed by atoms with Crippen LogP contribution in [0.5, 0.6) is 0 Å². The Kier molecular flexibility index (Phi) is 3.65. The van der Waals surface area contributed by atoms with Crippen LogP contribution in [0.4, 0.5) is 0 Å². The first kappa shape index (κ1) is 15.2. The van der Waals surface area contributed by atoms with Gasteiger partial charge in [-0.2, -0.15) is 0 Å². The Balaban J connectivity index is 1.74. The lowest BCUT2D eigenvalue weighted by Crippen LogP contribution is -2.32. The molecule has 2 aromatic heterocycles. The van der Waals surface area contributed by atoms with Gasteiger partial charge in [0.05, 0.1) is 5.69 Å². The number of fused-ring (bicyclic) bond motifs is 3. The molecule has 0 spiro atoms. The molecule has 2 bridgehead atoms. The van der Waals surface area contributed by atoms with Crippen molar-refractivity contribution in [2.45, 2.75) is 56.9 Å². The van der Waals surface area contributed by atoms with E-state index in [1.807, 2.05) is 6.20 Å². The molecular weight excluding hydrogens is 304 g/mol. The van der Waals surface area contributed by atoms with Gasteiger partial charge in [0.15, 0.2) is 0 Å². The van der Waals surface area contributed by atoms with Gasteiger partial charge in [-0.25, -0.2) is 4.98 Å². The molecule has 0 radical (unpaired) electrons. The van der Waals surface area contributed by atoms with E-state index in [1.165, 1.54) is 73.7 Å². The van der Waals surface area contributed by atoms with Crippen LogP contribution in [-0.2, 0) is 5.54 Å². The predicted octanol–water partition coefficient (Wildman–Crippen LogP) is 6.16. The third kappa shape index (κ3) is 2.50. The summed E-state index contributed by atoms with van der Waals surface area (Å²) in [6.45, 7) is 0. The number of pyridine rings is 1. The summed E-state index contributed by atoms with van der Waals surface area (Å²) in [5, 5.41) is 1.28. The second kappa shape index (κ2) is 6.01. The lowest BCUT2D eigenvalue weighted by Gasteiger charge is -2.35. The molecule has 2 unspecified atom stereocenters. The number of benzene rings is 1. The highest BCUT2D eigenvalue weighted by atomic mass is 15.1. The van der Waals surface area contributed by atoms with Gasteiger partial charge in [0.2, 0.25) is 0 Å². The van der Waals surface area contributed by atoms with Crippen LogP contribution in [0, 0.1) is 5.92 Å². The van der Waals surface area contributed by atoms with E-state index in [2.05, 4.69) is 53.1 Å². The molecule has 25 heavy (non-hydrogen) atoms. The van der Waals surface area contributed by atoms with Crippen molar-refractivity contribution in [3.63, 3.8) is 0 Å². The van der Waals surface area contributed by atoms with Crippen molar-refractivity contribution in [1.82, 2.24) is 9.55 Å². The van der Waals surface area contributed by atoms with Gasteiger partial charge in [0, 0.05) is 17.1 Å². The van der Waals surface area contributed by atoms with Crippen molar-refractivity contribution in [2.75, 3.05) is 0 Å². The van der Waals surface area contributed by atoms with Crippen molar-refractivity contribution in [3.8, 4) is 11.3 Å². The fraction of sp³-hybridized carbons (Fsp3) is 0.435. The molecular formula is C23H26N2. The quantitative estimate of drug-likeness (QED) is 0.550. The van der Waals surface area contributed by atoms with Crippen molar-refractivity contribution in [1.29, 1.82) is 0 Å². The van der Waals surface area contributed by atoms with Gasteiger partial charge in [-0.3, -0.25) is 0 Å². The molecule has 2 aliphatic carbocycles. The van der Waals surface area contributed by atoms with Crippen LogP contribution in [0.25, 0.3) is 22.3 Å². The summed E-state index contributed by atoms with van der Waals surface area (Å²) in [4.78, 5) is 4.83. The van der Waals surface area contributed by atoms with E-state index in [1.54, 1.807) is 0 Å². The summed E-state index contributed by atoms with van der Waals surface area (Å²) in [5.74, 6) is 0.907. The van der Waals surface area contributed by atoms with Gasteiger partial charge in [0.1, 0.15) is 5.65 Å². The molecule has 2 fully saturated rings. The van der Waals surface area contributed by atoms with Gasteiger partial charge in [0.25, 0.3) is 0 Å². The van der Waals surface area contributed by atoms with Crippen LogP contribution < -0.4 is 0 Å². The Morgan fingerprint density at radius 1 is 0.920 bits per heavy atom. The molecule has 0 N–H and O–H groups in total. The molecule has 2 heterocycles. The first-order valence-electron chi connectivity index (χ1n) is 9.88. The fourth-order valence-electron chi connectivity index (χ4n) is 5.40. The summed E-state index contributed by atoms with van der Waals surface area (Å²) in [5.41, 5.74) is 4.13. The van der Waals surface area contributed by atoms with Gasteiger partial charge >= 0.3 is 0 Å². The highest BCUT2D eigenvalue weighted by Gasteiger charge is 2.42. The fourth-order valence-corrected chi connectivity index (χ4v) is 5.40. The number of rotatable bonds is 2. The summed E-state index contributed by atoms with van der Waals surface area (Å²) in [6, 6.07) is 17.5. The van der Waals surface area contributed by atoms with Crippen molar-refractivity contribution in [3.05, 3.63) is 54.7 Å². The molecule has 5 rings (SSSR count). The maximum Gasteiger partial charge on any atom is 0.140 e. The van der Waals surface area contributed by atoms with Gasteiger partial charge in [-0.05, 0) is 55.4 Å². The van der Waals surface area contributed by atoms with Crippen molar-refractivity contribution < 1.29 is 0 Å². The first-order chi connectivity index (χ1) is 12.4. The van der Waals surface area contributed by atoms with E-state index >= 15 is 0 Å². The van der Waals surface area contributed by atoms with E-state index in [0.29, 0.717) is 0 Å². The number of nitrogens with zero attached hydrogens (tertiary/aromatic N) is 2. The number of aromatic nitrogens is 2. The second-order valence-corrected chi connectivity index (χ2v) is 8.08. The Labute approximate surface area is 149 Å². The average Bonchev–Trinajstić information content (AvgIpc) is 3.24. The van der Waals surface area contributed by atoms with Gasteiger partial charge in [-0.15, -0.1) is 0 Å². The molecule has 0 saturated heterocycles. The molecule has 0 aliphatic heterocycles. The number of hydrogen-bond donors (Lipinski definition) is 0. The molecule has 2 nitrogen and oxygen atoms in total. The number of hydrogen-bond acceptors (Lipinski definition) is 1. The summed E-state index contributed by atoms with van der Waals surface area (Å²) in [7, 11) is 0. The minimum Gasteiger partial charge on any atom is -0.319 e. The summed E-state index contributed by atoms with van der Waals surface area (Å²) < 4.78 is 2.64. The van der Waals surface area contributed by atoms with Crippen molar-refractivity contribution >= 4 is 11.0 Å². The third-order valence-electron chi connectivity index (χ3n) is 6.55. The van der Waals surface area contributed by atoms with Crippen LogP contribution in [0.3, 0.4) is 0 Å². The minimum atomic E-state index is 0.270. The Hall–Kier alpha value is -2.09. The third-order valence-corrected chi connectivity index (χ3v) is 6.55. The molecule has 0 amide bonds. The molecule has 128 valence electrons. The van der Waals surface area contributed by atoms with Crippen LogP contribution in [-0.4, -0.2) is 9.55 Å². The highest BCUT2D eigenvalue weighted by Crippen LogP contribution is 2.50. The Morgan fingerprint density at radius 2 is 1.84 bits per heavy atom. The normalized spacial score (nSPS) is 26.5. The molecule has 3 aromatic rings. The van der Waals surface area contributed by atoms with Crippen molar-refractivity contribution in [2.24, 2.45) is 5.92 Å². The second-order valence-electron chi connectivity index (χ2n) is 8.08. The standard InChI is InChI=1S/C23H26N2/c1-4-9-19(10-5-1)21-16-20-11-7-15-24-22(20)25(21)23-13-6-2-3-8-18(17-23)12-14-23/h1,4-5,7,9-11,15-16,18H,2-3,6,8,12-14,17H2.